The number of carbonyl (C=O) groups excluding carboxylic acids is 1. The largest absolute Gasteiger partial charge is 0.393 e. The van der Waals surface area contributed by atoms with E-state index >= 15 is 0 Å². The predicted octanol–water partition coefficient (Wildman–Crippen LogP) is 2.51. The number of aromatic nitrogens is 2. The standard InChI is InChI=1S/C14H12F3N3O/c15-14(16,17)7-10-1-3-11(4-2-10)8-20-13(21)12-9-18-5-6-19-12/h1-6,9H,7-8H2,(H,20,21). The molecule has 1 aromatic carbocycles. The molecule has 2 rings (SSSR count). The van der Waals surface area contributed by atoms with Crippen LogP contribution in [0.3, 0.4) is 0 Å². The number of nitrogens with zero attached hydrogens (tertiary/aromatic N) is 2. The summed E-state index contributed by atoms with van der Waals surface area (Å²) in [5, 5.41) is 2.62. The monoisotopic (exact) mass is 295 g/mol. The molecule has 0 fully saturated rings. The summed E-state index contributed by atoms with van der Waals surface area (Å²) in [6, 6.07) is 5.91. The smallest absolute Gasteiger partial charge is 0.347 e. The maximum absolute atomic E-state index is 12.2. The maximum Gasteiger partial charge on any atom is 0.393 e. The van der Waals surface area contributed by atoms with Crippen LogP contribution in [0.1, 0.15) is 21.6 Å². The molecule has 0 aliphatic heterocycles. The van der Waals surface area contributed by atoms with E-state index in [1.54, 1.807) is 12.1 Å². The van der Waals surface area contributed by atoms with Gasteiger partial charge in [-0.25, -0.2) is 4.98 Å². The van der Waals surface area contributed by atoms with Gasteiger partial charge in [0.15, 0.2) is 0 Å². The number of nitrogens with one attached hydrogen (secondary N) is 1. The molecule has 2 aromatic rings. The summed E-state index contributed by atoms with van der Waals surface area (Å²) < 4.78 is 36.6. The van der Waals surface area contributed by atoms with Gasteiger partial charge in [-0.3, -0.25) is 9.78 Å². The van der Waals surface area contributed by atoms with Crippen molar-refractivity contribution < 1.29 is 18.0 Å². The lowest BCUT2D eigenvalue weighted by molar-refractivity contribution is -0.127. The molecule has 0 radical (unpaired) electrons. The van der Waals surface area contributed by atoms with Crippen molar-refractivity contribution in [3.63, 3.8) is 0 Å². The van der Waals surface area contributed by atoms with Gasteiger partial charge in [-0.2, -0.15) is 13.2 Å². The molecule has 0 saturated carbocycles. The van der Waals surface area contributed by atoms with Gasteiger partial charge in [0.25, 0.3) is 5.91 Å². The summed E-state index contributed by atoms with van der Waals surface area (Å²) in [6.45, 7) is 0.210. The molecule has 0 bridgehead atoms. The molecule has 4 nitrogen and oxygen atoms in total. The molecule has 1 N–H and O–H groups in total. The number of amides is 1. The van der Waals surface area contributed by atoms with Crippen LogP contribution in [0.2, 0.25) is 0 Å². The molecule has 0 atom stereocenters. The molecule has 1 heterocycles. The van der Waals surface area contributed by atoms with Crippen LogP contribution in [0.15, 0.2) is 42.9 Å². The van der Waals surface area contributed by atoms with E-state index in [9.17, 15) is 18.0 Å². The first-order chi connectivity index (χ1) is 9.94. The minimum atomic E-state index is -4.22. The van der Waals surface area contributed by atoms with Crippen LogP contribution in [-0.4, -0.2) is 22.1 Å². The van der Waals surface area contributed by atoms with Crippen LogP contribution in [-0.2, 0) is 13.0 Å². The molecule has 1 aromatic heterocycles. The number of rotatable bonds is 4. The number of alkyl halides is 3. The number of hydrogen-bond acceptors (Lipinski definition) is 3. The fourth-order valence-corrected chi connectivity index (χ4v) is 1.70. The highest BCUT2D eigenvalue weighted by Gasteiger charge is 2.27. The highest BCUT2D eigenvalue weighted by atomic mass is 19.4. The molecule has 7 heteroatoms. The van der Waals surface area contributed by atoms with E-state index in [2.05, 4.69) is 15.3 Å². The third-order valence-corrected chi connectivity index (χ3v) is 2.68. The summed E-state index contributed by atoms with van der Waals surface area (Å²) in [6.07, 6.45) is -0.986. The Kier molecular flexibility index (Phi) is 4.52. The maximum atomic E-state index is 12.2. The first-order valence-corrected chi connectivity index (χ1v) is 6.13. The molecule has 1 amide bonds. The van der Waals surface area contributed by atoms with Crippen LogP contribution in [0, 0.1) is 0 Å². The van der Waals surface area contributed by atoms with E-state index in [0.717, 1.165) is 0 Å². The van der Waals surface area contributed by atoms with Gasteiger partial charge in [-0.1, -0.05) is 24.3 Å². The molecule has 110 valence electrons. The summed E-state index contributed by atoms with van der Waals surface area (Å²) >= 11 is 0. The lowest BCUT2D eigenvalue weighted by atomic mass is 10.1. The van der Waals surface area contributed by atoms with Crippen LogP contribution < -0.4 is 5.32 Å². The van der Waals surface area contributed by atoms with Gasteiger partial charge in [0.1, 0.15) is 5.69 Å². The van der Waals surface area contributed by atoms with E-state index in [-0.39, 0.29) is 23.7 Å². The van der Waals surface area contributed by atoms with Gasteiger partial charge >= 0.3 is 6.18 Å². The van der Waals surface area contributed by atoms with E-state index in [1.165, 1.54) is 30.7 Å². The number of benzene rings is 1. The van der Waals surface area contributed by atoms with Crippen molar-refractivity contribution >= 4 is 5.91 Å². The second-order valence-electron chi connectivity index (χ2n) is 4.38. The number of carbonyl (C=O) groups is 1. The quantitative estimate of drug-likeness (QED) is 0.943. The second-order valence-corrected chi connectivity index (χ2v) is 4.38. The van der Waals surface area contributed by atoms with Gasteiger partial charge in [0.2, 0.25) is 0 Å². The average molecular weight is 295 g/mol. The van der Waals surface area contributed by atoms with Crippen LogP contribution in [0.5, 0.6) is 0 Å². The van der Waals surface area contributed by atoms with Crippen molar-refractivity contribution in [2.45, 2.75) is 19.1 Å². The average Bonchev–Trinajstić information content (AvgIpc) is 2.45. The van der Waals surface area contributed by atoms with Crippen molar-refractivity contribution in [1.29, 1.82) is 0 Å². The molecule has 0 aliphatic rings. The van der Waals surface area contributed by atoms with E-state index in [4.69, 9.17) is 0 Å². The van der Waals surface area contributed by atoms with Crippen molar-refractivity contribution in [3.8, 4) is 0 Å². The van der Waals surface area contributed by atoms with Crippen LogP contribution >= 0.6 is 0 Å². The minimum absolute atomic E-state index is 0.186. The Bertz CT molecular complexity index is 597. The summed E-state index contributed by atoms with van der Waals surface area (Å²) in [5.74, 6) is -0.387. The summed E-state index contributed by atoms with van der Waals surface area (Å²) in [5.41, 5.74) is 1.08. The second kappa shape index (κ2) is 6.34. The van der Waals surface area contributed by atoms with Crippen molar-refractivity contribution in [1.82, 2.24) is 15.3 Å². The van der Waals surface area contributed by atoms with Gasteiger partial charge in [0, 0.05) is 18.9 Å². The fourth-order valence-electron chi connectivity index (χ4n) is 1.70. The van der Waals surface area contributed by atoms with Gasteiger partial charge < -0.3 is 5.32 Å². The highest BCUT2D eigenvalue weighted by molar-refractivity contribution is 5.91. The van der Waals surface area contributed by atoms with E-state index < -0.39 is 12.6 Å². The third kappa shape index (κ3) is 4.87. The molecule has 0 spiro atoms. The Balaban J connectivity index is 1.91. The lowest BCUT2D eigenvalue weighted by Gasteiger charge is -2.08. The Morgan fingerprint density at radius 3 is 2.33 bits per heavy atom. The first-order valence-electron chi connectivity index (χ1n) is 6.13. The predicted molar refractivity (Wildman–Crippen MR) is 69.4 cm³/mol. The summed E-state index contributed by atoms with van der Waals surface area (Å²) in [7, 11) is 0. The SMILES string of the molecule is O=C(NCc1ccc(CC(F)(F)F)cc1)c1cnccn1. The number of hydrogen-bond donors (Lipinski definition) is 1. The molecule has 0 unspecified atom stereocenters. The lowest BCUT2D eigenvalue weighted by Crippen LogP contribution is -2.23. The van der Waals surface area contributed by atoms with Crippen molar-refractivity contribution in [2.24, 2.45) is 0 Å². The molecule has 21 heavy (non-hydrogen) atoms. The first kappa shape index (κ1) is 15.0. The van der Waals surface area contributed by atoms with Gasteiger partial charge in [0.05, 0.1) is 12.6 Å². The zero-order chi connectivity index (χ0) is 15.3. The fraction of sp³-hybridized carbons (Fsp3) is 0.214. The molecule has 0 aliphatic carbocycles. The molecular formula is C14H12F3N3O. The van der Waals surface area contributed by atoms with Gasteiger partial charge in [-0.05, 0) is 11.1 Å². The Labute approximate surface area is 119 Å². The van der Waals surface area contributed by atoms with Crippen molar-refractivity contribution in [3.05, 3.63) is 59.7 Å². The zero-order valence-corrected chi connectivity index (χ0v) is 10.9. The van der Waals surface area contributed by atoms with Crippen LogP contribution in [0.25, 0.3) is 0 Å². The Morgan fingerprint density at radius 1 is 1.10 bits per heavy atom. The molecular weight excluding hydrogens is 283 g/mol. The van der Waals surface area contributed by atoms with Crippen LogP contribution in [0.4, 0.5) is 13.2 Å². The van der Waals surface area contributed by atoms with E-state index in [0.29, 0.717) is 5.56 Å². The number of halogens is 3. The Morgan fingerprint density at radius 2 is 1.76 bits per heavy atom. The van der Waals surface area contributed by atoms with E-state index in [1.807, 2.05) is 0 Å². The highest BCUT2D eigenvalue weighted by Crippen LogP contribution is 2.21. The normalized spacial score (nSPS) is 11.2. The van der Waals surface area contributed by atoms with Crippen molar-refractivity contribution in [2.75, 3.05) is 0 Å². The topological polar surface area (TPSA) is 54.9 Å². The molecule has 0 saturated heterocycles. The third-order valence-electron chi connectivity index (χ3n) is 2.68. The zero-order valence-electron chi connectivity index (χ0n) is 10.9. The minimum Gasteiger partial charge on any atom is -0.347 e. The summed E-state index contributed by atoms with van der Waals surface area (Å²) in [4.78, 5) is 19.3. The Hall–Kier alpha value is -2.44. The van der Waals surface area contributed by atoms with Gasteiger partial charge in [-0.15, -0.1) is 0 Å².